The van der Waals surface area contributed by atoms with Gasteiger partial charge in [0.15, 0.2) is 0 Å². The zero-order chi connectivity index (χ0) is 21.1. The van der Waals surface area contributed by atoms with Crippen LogP contribution in [0.3, 0.4) is 0 Å². The summed E-state index contributed by atoms with van der Waals surface area (Å²) in [5, 5.41) is 0. The summed E-state index contributed by atoms with van der Waals surface area (Å²) in [7, 11) is 0. The van der Waals surface area contributed by atoms with Gasteiger partial charge in [-0.05, 0) is 67.2 Å². The summed E-state index contributed by atoms with van der Waals surface area (Å²) in [5.41, 5.74) is 9.24. The minimum atomic E-state index is -0.0252. The van der Waals surface area contributed by atoms with Gasteiger partial charge in [-0.25, -0.2) is 0 Å². The molecule has 1 aliphatic carbocycles. The van der Waals surface area contributed by atoms with Crippen LogP contribution in [-0.4, -0.2) is 4.57 Å². The summed E-state index contributed by atoms with van der Waals surface area (Å²) in [6.45, 7) is 8.79. The number of rotatable bonds is 5. The van der Waals surface area contributed by atoms with Crippen molar-refractivity contribution in [2.75, 3.05) is 0 Å². The lowest BCUT2D eigenvalue weighted by atomic mass is 9.78. The van der Waals surface area contributed by atoms with E-state index in [1.807, 2.05) is 6.92 Å². The van der Waals surface area contributed by atoms with E-state index in [2.05, 4.69) is 117 Å². The molecule has 0 N–H and O–H groups in total. The molecule has 0 fully saturated rings. The molecule has 30 heavy (non-hydrogen) atoms. The number of hydrogen-bond acceptors (Lipinski definition) is 0. The van der Waals surface area contributed by atoms with E-state index in [1.54, 1.807) is 0 Å². The minimum absolute atomic E-state index is 0.0252. The van der Waals surface area contributed by atoms with Gasteiger partial charge in [0, 0.05) is 23.0 Å². The molecule has 0 radical (unpaired) electrons. The normalized spacial score (nSPS) is 14.0. The SMILES string of the molecule is C/C=C\C=C/c1cn(-c2ccc(C(C)(C)c3ccc(C)cc3)cc2)c2c1CCC=C2. The fourth-order valence-corrected chi connectivity index (χ4v) is 4.26. The van der Waals surface area contributed by atoms with Crippen molar-refractivity contribution in [2.45, 2.75) is 46.0 Å². The van der Waals surface area contributed by atoms with E-state index >= 15 is 0 Å². The molecule has 3 aromatic rings. The molecule has 0 saturated carbocycles. The molecule has 1 heteroatoms. The first-order chi connectivity index (χ1) is 14.5. The molecule has 0 saturated heterocycles. The van der Waals surface area contributed by atoms with E-state index in [1.165, 1.54) is 39.2 Å². The predicted octanol–water partition coefficient (Wildman–Crippen LogP) is 7.66. The van der Waals surface area contributed by atoms with Gasteiger partial charge >= 0.3 is 0 Å². The first kappa shape index (κ1) is 20.2. The van der Waals surface area contributed by atoms with Crippen molar-refractivity contribution in [2.24, 2.45) is 0 Å². The van der Waals surface area contributed by atoms with Crippen molar-refractivity contribution in [3.05, 3.63) is 113 Å². The molecule has 0 unspecified atom stereocenters. The fraction of sp³-hybridized carbons (Fsp3) is 0.241. The van der Waals surface area contributed by atoms with Gasteiger partial charge in [0.05, 0.1) is 0 Å². The molecule has 0 aliphatic heterocycles. The molecule has 1 aliphatic rings. The van der Waals surface area contributed by atoms with Gasteiger partial charge in [0.1, 0.15) is 0 Å². The van der Waals surface area contributed by atoms with Gasteiger partial charge in [0.2, 0.25) is 0 Å². The van der Waals surface area contributed by atoms with Gasteiger partial charge in [-0.2, -0.15) is 0 Å². The maximum Gasteiger partial charge on any atom is 0.0491 e. The van der Waals surface area contributed by atoms with Crippen molar-refractivity contribution in [3.8, 4) is 5.69 Å². The summed E-state index contributed by atoms with van der Waals surface area (Å²) in [5.74, 6) is 0. The molecule has 152 valence electrons. The smallest absolute Gasteiger partial charge is 0.0491 e. The molecule has 0 atom stereocenters. The van der Waals surface area contributed by atoms with Crippen molar-refractivity contribution < 1.29 is 0 Å². The standard InChI is InChI=1S/C29H31N/c1-5-6-7-10-23-21-30(28-12-9-8-11-27(23)28)26-19-17-25(18-20-26)29(3,4)24-15-13-22(2)14-16-24/h5-7,9-10,12-21H,8,11H2,1-4H3/b6-5-,10-7-. The topological polar surface area (TPSA) is 4.93 Å². The highest BCUT2D eigenvalue weighted by Crippen LogP contribution is 2.33. The van der Waals surface area contributed by atoms with E-state index in [-0.39, 0.29) is 5.41 Å². The summed E-state index contributed by atoms with van der Waals surface area (Å²) >= 11 is 0. The van der Waals surface area contributed by atoms with Crippen LogP contribution >= 0.6 is 0 Å². The summed E-state index contributed by atoms with van der Waals surface area (Å²) < 4.78 is 2.34. The maximum absolute atomic E-state index is 2.34. The Kier molecular flexibility index (Phi) is 5.63. The Morgan fingerprint density at radius 1 is 0.900 bits per heavy atom. The highest BCUT2D eigenvalue weighted by molar-refractivity contribution is 5.67. The Morgan fingerprint density at radius 2 is 1.57 bits per heavy atom. The third-order valence-corrected chi connectivity index (χ3v) is 6.24. The first-order valence-electron chi connectivity index (χ1n) is 10.9. The van der Waals surface area contributed by atoms with Gasteiger partial charge < -0.3 is 4.57 Å². The third-order valence-electron chi connectivity index (χ3n) is 6.24. The number of aromatic nitrogens is 1. The Balaban J connectivity index is 1.69. The van der Waals surface area contributed by atoms with Crippen LogP contribution in [0.25, 0.3) is 17.8 Å². The Bertz CT molecular complexity index is 1100. The van der Waals surface area contributed by atoms with Crippen LogP contribution in [0.15, 0.2) is 79.0 Å². The molecular formula is C29H31N. The lowest BCUT2D eigenvalue weighted by molar-refractivity contribution is 0.640. The monoisotopic (exact) mass is 393 g/mol. The van der Waals surface area contributed by atoms with Crippen molar-refractivity contribution in [1.29, 1.82) is 0 Å². The molecule has 0 amide bonds. The van der Waals surface area contributed by atoms with Crippen LogP contribution < -0.4 is 0 Å². The second kappa shape index (κ2) is 8.36. The third kappa shape index (κ3) is 3.85. The lowest BCUT2D eigenvalue weighted by Crippen LogP contribution is -2.18. The maximum atomic E-state index is 2.34. The number of aryl methyl sites for hydroxylation is 1. The number of hydrogen-bond donors (Lipinski definition) is 0. The second-order valence-electron chi connectivity index (χ2n) is 8.68. The summed E-state index contributed by atoms with van der Waals surface area (Å²) in [6.07, 6.45) is 17.6. The van der Waals surface area contributed by atoms with E-state index in [9.17, 15) is 0 Å². The summed E-state index contributed by atoms with van der Waals surface area (Å²) in [4.78, 5) is 0. The quantitative estimate of drug-likeness (QED) is 0.392. The number of nitrogens with zero attached hydrogens (tertiary/aromatic N) is 1. The average Bonchev–Trinajstić information content (AvgIpc) is 3.13. The van der Waals surface area contributed by atoms with Crippen LogP contribution in [-0.2, 0) is 11.8 Å². The van der Waals surface area contributed by atoms with Crippen molar-refractivity contribution >= 4 is 12.2 Å². The molecule has 1 nitrogen and oxygen atoms in total. The average molecular weight is 394 g/mol. The number of allylic oxidation sites excluding steroid dienone is 4. The van der Waals surface area contributed by atoms with Crippen LogP contribution in [0.4, 0.5) is 0 Å². The highest BCUT2D eigenvalue weighted by atomic mass is 15.0. The molecule has 0 spiro atoms. The van der Waals surface area contributed by atoms with E-state index in [0.717, 1.165) is 12.8 Å². The Morgan fingerprint density at radius 3 is 2.23 bits per heavy atom. The van der Waals surface area contributed by atoms with Crippen LogP contribution in [0.1, 0.15) is 60.7 Å². The zero-order valence-corrected chi connectivity index (χ0v) is 18.5. The van der Waals surface area contributed by atoms with Gasteiger partial charge in [-0.3, -0.25) is 0 Å². The fourth-order valence-electron chi connectivity index (χ4n) is 4.26. The van der Waals surface area contributed by atoms with E-state index < -0.39 is 0 Å². The van der Waals surface area contributed by atoms with Gasteiger partial charge in [-0.15, -0.1) is 0 Å². The lowest BCUT2D eigenvalue weighted by Gasteiger charge is -2.26. The van der Waals surface area contributed by atoms with Gasteiger partial charge in [0.25, 0.3) is 0 Å². The van der Waals surface area contributed by atoms with Gasteiger partial charge in [-0.1, -0.05) is 86.2 Å². The number of benzene rings is 2. The molecule has 1 heterocycles. The molecule has 2 aromatic carbocycles. The molecule has 4 rings (SSSR count). The van der Waals surface area contributed by atoms with Crippen LogP contribution in [0, 0.1) is 6.92 Å². The molecule has 0 bridgehead atoms. The summed E-state index contributed by atoms with van der Waals surface area (Å²) in [6, 6.07) is 18.0. The number of fused-ring (bicyclic) bond motifs is 1. The minimum Gasteiger partial charge on any atom is -0.316 e. The largest absolute Gasteiger partial charge is 0.316 e. The van der Waals surface area contributed by atoms with Crippen molar-refractivity contribution in [3.63, 3.8) is 0 Å². The highest BCUT2D eigenvalue weighted by Gasteiger charge is 2.23. The van der Waals surface area contributed by atoms with E-state index in [4.69, 9.17) is 0 Å². The zero-order valence-electron chi connectivity index (χ0n) is 18.5. The molecular weight excluding hydrogens is 362 g/mol. The predicted molar refractivity (Wildman–Crippen MR) is 130 cm³/mol. The van der Waals surface area contributed by atoms with Crippen LogP contribution in [0.5, 0.6) is 0 Å². The second-order valence-corrected chi connectivity index (χ2v) is 8.68. The Labute approximate surface area is 181 Å². The van der Waals surface area contributed by atoms with E-state index in [0.29, 0.717) is 0 Å². The first-order valence-corrected chi connectivity index (χ1v) is 10.9. The van der Waals surface area contributed by atoms with Crippen LogP contribution in [0.2, 0.25) is 0 Å². The van der Waals surface area contributed by atoms with Crippen molar-refractivity contribution in [1.82, 2.24) is 4.57 Å². The Hall–Kier alpha value is -3.06. The molecule has 1 aromatic heterocycles.